The Morgan fingerprint density at radius 2 is 1.68 bits per heavy atom. The molecule has 1 aliphatic carbocycles. The normalized spacial score (nSPS) is 27.7. The van der Waals surface area contributed by atoms with E-state index in [1.807, 2.05) is 0 Å². The number of carbonyl (C=O) groups is 1. The van der Waals surface area contributed by atoms with Crippen LogP contribution in [0.2, 0.25) is 16.6 Å². The SMILES string of the molecule is CC(=O)N1N=C2CCCC[C@]23N=N/C(=C(\O[Si](C(C)C)(C(C)C)C(C)C)C(C)(C)C)[P@@]13. The van der Waals surface area contributed by atoms with Gasteiger partial charge in [-0.2, -0.15) is 10.2 Å². The first kappa shape index (κ1) is 24.6. The Balaban J connectivity index is 2.20. The lowest BCUT2D eigenvalue weighted by Crippen LogP contribution is -2.48. The Labute approximate surface area is 190 Å². The van der Waals surface area contributed by atoms with Crippen molar-refractivity contribution in [1.29, 1.82) is 0 Å². The molecule has 6 nitrogen and oxygen atoms in total. The molecule has 1 spiro atoms. The molecule has 0 bridgehead atoms. The highest BCUT2D eigenvalue weighted by Crippen LogP contribution is 2.72. The van der Waals surface area contributed by atoms with Crippen LogP contribution in [0, 0.1) is 5.41 Å². The van der Waals surface area contributed by atoms with Crippen LogP contribution in [-0.2, 0) is 9.22 Å². The second-order valence-corrected chi connectivity index (χ2v) is 18.8. The zero-order chi connectivity index (χ0) is 23.4. The molecule has 1 saturated carbocycles. The molecule has 1 amide bonds. The largest absolute Gasteiger partial charge is 0.544 e. The molecular formula is C23H41N4O2PSi. The molecule has 2 aliphatic heterocycles. The predicted octanol–water partition coefficient (Wildman–Crippen LogP) is 7.74. The van der Waals surface area contributed by atoms with E-state index in [2.05, 4.69) is 62.3 Å². The van der Waals surface area contributed by atoms with E-state index in [-0.39, 0.29) is 11.3 Å². The van der Waals surface area contributed by atoms with Gasteiger partial charge in [0, 0.05) is 12.3 Å². The topological polar surface area (TPSA) is 66.6 Å². The third-order valence-electron chi connectivity index (χ3n) is 7.07. The van der Waals surface area contributed by atoms with Gasteiger partial charge in [0.05, 0.1) is 5.71 Å². The maximum absolute atomic E-state index is 12.7. The molecule has 0 unspecified atom stereocenters. The van der Waals surface area contributed by atoms with Gasteiger partial charge in [0.25, 0.3) is 8.32 Å². The molecular weight excluding hydrogens is 423 g/mol. The van der Waals surface area contributed by atoms with E-state index in [1.165, 1.54) is 0 Å². The summed E-state index contributed by atoms with van der Waals surface area (Å²) >= 11 is 0. The van der Waals surface area contributed by atoms with Crippen LogP contribution in [0.3, 0.4) is 0 Å². The summed E-state index contributed by atoms with van der Waals surface area (Å²) < 4.78 is 8.99. The first-order chi connectivity index (χ1) is 14.3. The molecule has 174 valence electrons. The third-order valence-corrected chi connectivity index (χ3v) is 15.8. The zero-order valence-corrected chi connectivity index (χ0v) is 23.0. The summed E-state index contributed by atoms with van der Waals surface area (Å²) in [5, 5.41) is 14.1. The first-order valence-electron chi connectivity index (χ1n) is 11.8. The number of azo groups is 1. The first-order valence-corrected chi connectivity index (χ1v) is 15.3. The lowest BCUT2D eigenvalue weighted by molar-refractivity contribution is -0.124. The molecule has 2 heterocycles. The van der Waals surface area contributed by atoms with Gasteiger partial charge in [-0.1, -0.05) is 62.3 Å². The van der Waals surface area contributed by atoms with Gasteiger partial charge in [0.2, 0.25) is 5.91 Å². The second-order valence-electron chi connectivity index (χ2n) is 11.2. The molecule has 0 saturated heterocycles. The number of hydrogen-bond acceptors (Lipinski definition) is 5. The molecule has 0 radical (unpaired) electrons. The zero-order valence-electron chi connectivity index (χ0n) is 21.1. The summed E-state index contributed by atoms with van der Waals surface area (Å²) in [5.74, 6) is 0.917. The van der Waals surface area contributed by atoms with Crippen molar-refractivity contribution in [2.45, 2.75) is 117 Å². The van der Waals surface area contributed by atoms with E-state index in [9.17, 15) is 4.79 Å². The summed E-state index contributed by atoms with van der Waals surface area (Å²) in [6.45, 7) is 22.0. The van der Waals surface area contributed by atoms with Gasteiger partial charge < -0.3 is 4.43 Å². The average Bonchev–Trinajstić information content (AvgIpc) is 3.15. The van der Waals surface area contributed by atoms with Crippen LogP contribution >= 0.6 is 8.07 Å². The number of carbonyl (C=O) groups excluding carboxylic acids is 1. The van der Waals surface area contributed by atoms with Crippen molar-refractivity contribution in [1.82, 2.24) is 4.78 Å². The van der Waals surface area contributed by atoms with Gasteiger partial charge in [-0.3, -0.25) is 4.79 Å². The van der Waals surface area contributed by atoms with Crippen molar-refractivity contribution in [2.75, 3.05) is 0 Å². The minimum absolute atomic E-state index is 0.0227. The van der Waals surface area contributed by atoms with E-state index in [1.54, 1.807) is 11.7 Å². The maximum Gasteiger partial charge on any atom is 0.258 e. The smallest absolute Gasteiger partial charge is 0.258 e. The average molecular weight is 465 g/mol. The van der Waals surface area contributed by atoms with Gasteiger partial charge in [0.1, 0.15) is 19.3 Å². The molecule has 31 heavy (non-hydrogen) atoms. The van der Waals surface area contributed by atoms with Gasteiger partial charge in [0.15, 0.2) is 5.28 Å². The Hall–Kier alpha value is -1.07. The van der Waals surface area contributed by atoms with Gasteiger partial charge in [-0.05, 0) is 42.3 Å². The highest BCUT2D eigenvalue weighted by molar-refractivity contribution is 7.63. The fourth-order valence-electron chi connectivity index (χ4n) is 5.69. The summed E-state index contributed by atoms with van der Waals surface area (Å²) in [4.78, 5) is 12.7. The van der Waals surface area contributed by atoms with Crippen molar-refractivity contribution in [3.8, 4) is 0 Å². The van der Waals surface area contributed by atoms with Crippen LogP contribution in [0.4, 0.5) is 0 Å². The van der Waals surface area contributed by atoms with E-state index in [0.717, 1.165) is 42.6 Å². The van der Waals surface area contributed by atoms with Gasteiger partial charge >= 0.3 is 0 Å². The quantitative estimate of drug-likeness (QED) is 0.237. The van der Waals surface area contributed by atoms with Crippen molar-refractivity contribution in [3.63, 3.8) is 0 Å². The summed E-state index contributed by atoms with van der Waals surface area (Å²) in [7, 11) is -3.33. The van der Waals surface area contributed by atoms with Crippen molar-refractivity contribution in [3.05, 3.63) is 11.2 Å². The number of amides is 1. The van der Waals surface area contributed by atoms with Gasteiger partial charge in [-0.15, -0.1) is 5.11 Å². The summed E-state index contributed by atoms with van der Waals surface area (Å²) in [6, 6.07) is 0. The second kappa shape index (κ2) is 8.37. The molecule has 0 N–H and O–H groups in total. The molecule has 3 aliphatic rings. The van der Waals surface area contributed by atoms with E-state index in [0.29, 0.717) is 16.6 Å². The highest BCUT2D eigenvalue weighted by Gasteiger charge is 2.61. The minimum Gasteiger partial charge on any atom is -0.544 e. The van der Waals surface area contributed by atoms with Crippen LogP contribution in [0.25, 0.3) is 0 Å². The van der Waals surface area contributed by atoms with Crippen molar-refractivity contribution in [2.24, 2.45) is 20.7 Å². The van der Waals surface area contributed by atoms with E-state index < -0.39 is 21.7 Å². The molecule has 1 fully saturated rings. The van der Waals surface area contributed by atoms with Crippen LogP contribution < -0.4 is 0 Å². The van der Waals surface area contributed by atoms with Crippen molar-refractivity contribution >= 4 is 28.0 Å². The molecule has 0 aromatic rings. The molecule has 3 rings (SSSR count). The summed E-state index contributed by atoms with van der Waals surface area (Å²) in [5.41, 5.74) is 3.07. The minimum atomic E-state index is -2.20. The van der Waals surface area contributed by atoms with Crippen LogP contribution in [0.1, 0.15) is 94.9 Å². The number of allylic oxidation sites excluding steroid dienone is 1. The predicted molar refractivity (Wildman–Crippen MR) is 132 cm³/mol. The molecule has 8 heteroatoms. The van der Waals surface area contributed by atoms with Gasteiger partial charge in [-0.25, -0.2) is 4.78 Å². The Bertz CT molecular complexity index is 806. The molecule has 2 atom stereocenters. The number of hydrazone groups is 1. The molecule has 0 aromatic heterocycles. The monoisotopic (exact) mass is 464 g/mol. The standard InChI is InChI=1S/C23H41N4O2PSi/c1-15(2)31(16(3)4,17(5)6)29-20(22(8,9)10)21-24-26-23-14-12-11-13-19(23)25-27(18(7)28)30(21)23/h15-17H,11-14H2,1-10H3/b21-20+/t23-,30-/m1/s1. The maximum atomic E-state index is 12.7. The number of rotatable bonds is 5. The fourth-order valence-corrected chi connectivity index (χ4v) is 14.2. The lowest BCUT2D eigenvalue weighted by Gasteiger charge is -2.45. The van der Waals surface area contributed by atoms with Crippen LogP contribution in [-0.4, -0.2) is 30.0 Å². The molecule has 0 aromatic carbocycles. The lowest BCUT2D eigenvalue weighted by atomic mass is 9.93. The highest BCUT2D eigenvalue weighted by atomic mass is 31.1. The summed E-state index contributed by atoms with van der Waals surface area (Å²) in [6.07, 6.45) is 4.04. The Morgan fingerprint density at radius 1 is 1.10 bits per heavy atom. The number of nitrogens with zero attached hydrogens (tertiary/aromatic N) is 4. The number of hydrogen-bond donors (Lipinski definition) is 0. The Kier molecular flexibility index (Phi) is 6.63. The Morgan fingerprint density at radius 3 is 2.16 bits per heavy atom. The third kappa shape index (κ3) is 3.84. The van der Waals surface area contributed by atoms with Crippen molar-refractivity contribution < 1.29 is 9.22 Å². The van der Waals surface area contributed by atoms with Crippen LogP contribution in [0.15, 0.2) is 26.5 Å². The van der Waals surface area contributed by atoms with E-state index in [4.69, 9.17) is 19.8 Å². The fraction of sp³-hybridized carbons (Fsp3) is 0.826. The van der Waals surface area contributed by atoms with Crippen LogP contribution in [0.5, 0.6) is 0 Å². The van der Waals surface area contributed by atoms with E-state index >= 15 is 0 Å².